The smallest absolute Gasteiger partial charge is 0.418 e. The van der Waals surface area contributed by atoms with Gasteiger partial charge in [0.1, 0.15) is 11.2 Å². The zero-order valence-corrected chi connectivity index (χ0v) is 15.0. The summed E-state index contributed by atoms with van der Waals surface area (Å²) in [4.78, 5) is 0. The first kappa shape index (κ1) is 20.9. The quantitative estimate of drug-likeness (QED) is 0.204. The summed E-state index contributed by atoms with van der Waals surface area (Å²) in [5.74, 6) is 0. The lowest BCUT2D eigenvalue weighted by molar-refractivity contribution is -0.667. The summed E-state index contributed by atoms with van der Waals surface area (Å²) in [6.45, 7) is 3.46. The van der Waals surface area contributed by atoms with Crippen LogP contribution in [0.15, 0.2) is 29.8 Å². The molecule has 1 aromatic heterocycles. The molecule has 0 unspecified atom stereocenters. The van der Waals surface area contributed by atoms with E-state index in [0.29, 0.717) is 0 Å². The van der Waals surface area contributed by atoms with E-state index in [1.807, 2.05) is 11.3 Å². The molecule has 0 aliphatic carbocycles. The molecular formula is C17H26BF4NS. The molecule has 24 heavy (non-hydrogen) atoms. The van der Waals surface area contributed by atoms with Gasteiger partial charge in [-0.2, -0.15) is 4.57 Å². The number of hydrogen-bond acceptors (Lipinski definition) is 1. The Bertz CT molecular complexity index is 565. The van der Waals surface area contributed by atoms with Crippen LogP contribution in [-0.2, 0) is 6.54 Å². The van der Waals surface area contributed by atoms with E-state index in [9.17, 15) is 17.3 Å². The molecule has 0 N–H and O–H groups in total. The topological polar surface area (TPSA) is 3.88 Å². The molecule has 0 atom stereocenters. The molecule has 136 valence electrons. The zero-order valence-electron chi connectivity index (χ0n) is 14.2. The van der Waals surface area contributed by atoms with Crippen molar-refractivity contribution in [3.63, 3.8) is 0 Å². The van der Waals surface area contributed by atoms with Crippen LogP contribution in [0.25, 0.3) is 10.2 Å². The lowest BCUT2D eigenvalue weighted by Gasteiger charge is -1.99. The Morgan fingerprint density at radius 3 is 2.04 bits per heavy atom. The van der Waals surface area contributed by atoms with E-state index in [2.05, 4.69) is 41.3 Å². The van der Waals surface area contributed by atoms with Crippen LogP contribution < -0.4 is 4.57 Å². The normalized spacial score (nSPS) is 11.4. The van der Waals surface area contributed by atoms with Crippen molar-refractivity contribution in [1.29, 1.82) is 0 Å². The first-order valence-corrected chi connectivity index (χ1v) is 9.52. The van der Waals surface area contributed by atoms with Crippen molar-refractivity contribution in [2.45, 2.75) is 64.8 Å². The third-order valence-corrected chi connectivity index (χ3v) is 4.69. The summed E-state index contributed by atoms with van der Waals surface area (Å²) >= 11 is 1.85. The van der Waals surface area contributed by atoms with Crippen LogP contribution >= 0.6 is 11.3 Å². The van der Waals surface area contributed by atoms with Crippen molar-refractivity contribution < 1.29 is 21.8 Å². The molecule has 0 saturated carbocycles. The van der Waals surface area contributed by atoms with Gasteiger partial charge in [-0.15, -0.1) is 0 Å². The molecular weight excluding hydrogens is 337 g/mol. The zero-order chi connectivity index (χ0) is 17.8. The number of aryl methyl sites for hydroxylation is 1. The second-order valence-corrected chi connectivity index (χ2v) is 6.74. The average Bonchev–Trinajstić information content (AvgIpc) is 2.92. The van der Waals surface area contributed by atoms with Gasteiger partial charge in [0, 0.05) is 12.5 Å². The Labute approximate surface area is 145 Å². The summed E-state index contributed by atoms with van der Waals surface area (Å²) in [6, 6.07) is 8.71. The number of aromatic nitrogens is 1. The molecule has 0 saturated heterocycles. The first-order chi connectivity index (χ1) is 11.4. The summed E-state index contributed by atoms with van der Waals surface area (Å²) in [5, 5.41) is 0. The number of para-hydroxylation sites is 1. The monoisotopic (exact) mass is 363 g/mol. The van der Waals surface area contributed by atoms with Crippen molar-refractivity contribution in [2.75, 3.05) is 0 Å². The Hall–Kier alpha value is -1.11. The van der Waals surface area contributed by atoms with E-state index in [1.54, 1.807) is 0 Å². The Morgan fingerprint density at radius 2 is 1.42 bits per heavy atom. The molecule has 1 aromatic carbocycles. The van der Waals surface area contributed by atoms with Crippen molar-refractivity contribution >= 4 is 28.8 Å². The van der Waals surface area contributed by atoms with E-state index in [0.717, 1.165) is 0 Å². The highest BCUT2D eigenvalue weighted by atomic mass is 32.1. The third-order valence-electron chi connectivity index (χ3n) is 3.73. The van der Waals surface area contributed by atoms with Crippen LogP contribution in [0, 0.1) is 0 Å². The minimum absolute atomic E-state index is 1.18. The van der Waals surface area contributed by atoms with E-state index in [-0.39, 0.29) is 0 Å². The fourth-order valence-corrected chi connectivity index (χ4v) is 3.48. The number of halogens is 4. The predicted molar refractivity (Wildman–Crippen MR) is 94.8 cm³/mol. The molecule has 0 amide bonds. The highest BCUT2D eigenvalue weighted by molar-refractivity contribution is 7.16. The molecule has 0 fully saturated rings. The molecule has 2 aromatic rings. The second-order valence-electron chi connectivity index (χ2n) is 5.85. The van der Waals surface area contributed by atoms with Gasteiger partial charge < -0.3 is 17.3 Å². The summed E-state index contributed by atoms with van der Waals surface area (Å²) in [7, 11) is -6.00. The van der Waals surface area contributed by atoms with Crippen LogP contribution in [-0.4, -0.2) is 7.25 Å². The predicted octanol–water partition coefficient (Wildman–Crippen LogP) is 6.63. The molecule has 2 rings (SSSR count). The number of hydrogen-bond donors (Lipinski definition) is 0. The SMILES string of the molecule is CCCCCCCCCC[n+]1csc2ccccc21.F[B-](F)(F)F. The van der Waals surface area contributed by atoms with Crippen molar-refractivity contribution in [3.8, 4) is 0 Å². The van der Waals surface area contributed by atoms with Crippen LogP contribution in [0.4, 0.5) is 17.3 Å². The van der Waals surface area contributed by atoms with Gasteiger partial charge in [0.15, 0.2) is 0 Å². The highest BCUT2D eigenvalue weighted by Crippen LogP contribution is 2.15. The fourth-order valence-electron chi connectivity index (χ4n) is 2.56. The maximum Gasteiger partial charge on any atom is 0.673 e. The third kappa shape index (κ3) is 9.91. The standard InChI is InChI=1S/C17H26NS.BF4/c1-2-3-4-5-6-7-8-11-14-18-15-19-17-13-10-9-12-16(17)18;2-1(3,4)5/h9-10,12-13,15H,2-8,11,14H2,1H3;/q+1;-1. The fraction of sp³-hybridized carbons (Fsp3) is 0.588. The van der Waals surface area contributed by atoms with Crippen molar-refractivity contribution in [1.82, 2.24) is 0 Å². The van der Waals surface area contributed by atoms with Gasteiger partial charge >= 0.3 is 7.25 Å². The van der Waals surface area contributed by atoms with Gasteiger partial charge in [0.05, 0.1) is 0 Å². The Balaban J connectivity index is 0.000000505. The lowest BCUT2D eigenvalue weighted by atomic mass is 10.1. The van der Waals surface area contributed by atoms with Gasteiger partial charge in [-0.25, -0.2) is 0 Å². The Kier molecular flexibility index (Phi) is 9.99. The molecule has 1 nitrogen and oxygen atoms in total. The van der Waals surface area contributed by atoms with Gasteiger partial charge in [-0.3, -0.25) is 0 Å². The van der Waals surface area contributed by atoms with Crippen molar-refractivity contribution in [3.05, 3.63) is 29.8 Å². The van der Waals surface area contributed by atoms with Crippen LogP contribution in [0.1, 0.15) is 58.3 Å². The minimum Gasteiger partial charge on any atom is -0.418 e. The highest BCUT2D eigenvalue weighted by Gasteiger charge is 2.20. The van der Waals surface area contributed by atoms with Gasteiger partial charge in [0.25, 0.3) is 0 Å². The van der Waals surface area contributed by atoms with Crippen molar-refractivity contribution in [2.24, 2.45) is 0 Å². The van der Waals surface area contributed by atoms with Gasteiger partial charge in [-0.05, 0) is 12.5 Å². The number of fused-ring (bicyclic) bond motifs is 1. The minimum atomic E-state index is -6.00. The molecule has 0 bridgehead atoms. The number of rotatable bonds is 9. The molecule has 1 heterocycles. The van der Waals surface area contributed by atoms with E-state index < -0.39 is 7.25 Å². The molecule has 0 spiro atoms. The second kappa shape index (κ2) is 11.4. The first-order valence-electron chi connectivity index (χ1n) is 8.65. The number of benzene rings is 1. The van der Waals surface area contributed by atoms with Gasteiger partial charge in [-0.1, -0.05) is 68.9 Å². The largest absolute Gasteiger partial charge is 0.673 e. The molecule has 0 radical (unpaired) electrons. The molecule has 0 aliphatic rings. The van der Waals surface area contributed by atoms with E-state index in [4.69, 9.17) is 0 Å². The maximum absolute atomic E-state index is 9.75. The Morgan fingerprint density at radius 1 is 0.875 bits per heavy atom. The van der Waals surface area contributed by atoms with Crippen LogP contribution in [0.2, 0.25) is 0 Å². The van der Waals surface area contributed by atoms with Crippen LogP contribution in [0.5, 0.6) is 0 Å². The lowest BCUT2D eigenvalue weighted by Crippen LogP contribution is -2.31. The number of unbranched alkanes of at least 4 members (excludes halogenated alkanes) is 7. The number of nitrogens with zero attached hydrogens (tertiary/aromatic N) is 1. The van der Waals surface area contributed by atoms with E-state index in [1.165, 1.54) is 68.1 Å². The molecule has 7 heteroatoms. The van der Waals surface area contributed by atoms with Crippen LogP contribution in [0.3, 0.4) is 0 Å². The van der Waals surface area contributed by atoms with Gasteiger partial charge in [0.2, 0.25) is 11.0 Å². The average molecular weight is 363 g/mol. The maximum atomic E-state index is 9.75. The molecule has 0 aliphatic heterocycles. The number of thiazole rings is 1. The summed E-state index contributed by atoms with van der Waals surface area (Å²) < 4.78 is 42.8. The summed E-state index contributed by atoms with van der Waals surface area (Å²) in [6.07, 6.45) is 11.2. The van der Waals surface area contributed by atoms with E-state index >= 15 is 0 Å². The summed E-state index contributed by atoms with van der Waals surface area (Å²) in [5.41, 5.74) is 3.67.